The monoisotopic (exact) mass is 295 g/mol. The molecule has 0 spiro atoms. The van der Waals surface area contributed by atoms with Gasteiger partial charge in [-0.2, -0.15) is 0 Å². The minimum atomic E-state index is -0.591. The Hall–Kier alpha value is -0.570. The second kappa shape index (κ2) is 9.45. The summed E-state index contributed by atoms with van der Waals surface area (Å²) in [7, 11) is 0. The summed E-state index contributed by atoms with van der Waals surface area (Å²) >= 11 is 0. The standard InChI is InChI=1S/C18H33NO2/c20-18(21)17-11-9-16(10-12-17)14-19-13-15-7-5-3-1-2-4-6-8-15/h15-17,19H,1-14H2,(H,20,21). The van der Waals surface area contributed by atoms with Crippen LogP contribution in [0.4, 0.5) is 0 Å². The van der Waals surface area contributed by atoms with Gasteiger partial charge in [0.05, 0.1) is 5.92 Å². The lowest BCUT2D eigenvalue weighted by atomic mass is 9.82. The summed E-state index contributed by atoms with van der Waals surface area (Å²) in [4.78, 5) is 11.0. The van der Waals surface area contributed by atoms with Crippen LogP contribution < -0.4 is 5.32 Å². The maximum Gasteiger partial charge on any atom is 0.306 e. The molecule has 2 rings (SSSR count). The Morgan fingerprint density at radius 1 is 0.762 bits per heavy atom. The lowest BCUT2D eigenvalue weighted by molar-refractivity contribution is -0.143. The molecule has 0 atom stereocenters. The van der Waals surface area contributed by atoms with Crippen LogP contribution in [-0.4, -0.2) is 24.2 Å². The van der Waals surface area contributed by atoms with Crippen molar-refractivity contribution in [2.75, 3.05) is 13.1 Å². The Bertz CT molecular complexity index is 288. The van der Waals surface area contributed by atoms with E-state index in [1.165, 1.54) is 57.9 Å². The van der Waals surface area contributed by atoms with Crippen LogP contribution in [0.3, 0.4) is 0 Å². The second-order valence-electron chi connectivity index (χ2n) is 7.28. The molecule has 0 aromatic heterocycles. The van der Waals surface area contributed by atoms with Crippen LogP contribution in [0.15, 0.2) is 0 Å². The average Bonchev–Trinajstić information content (AvgIpc) is 2.62. The molecule has 2 aliphatic carbocycles. The lowest BCUT2D eigenvalue weighted by Crippen LogP contribution is -2.31. The summed E-state index contributed by atoms with van der Waals surface area (Å²) in [6.45, 7) is 2.28. The summed E-state index contributed by atoms with van der Waals surface area (Å²) in [5, 5.41) is 12.7. The highest BCUT2D eigenvalue weighted by molar-refractivity contribution is 5.69. The van der Waals surface area contributed by atoms with E-state index in [4.69, 9.17) is 5.11 Å². The van der Waals surface area contributed by atoms with Gasteiger partial charge in [0, 0.05) is 0 Å². The van der Waals surface area contributed by atoms with Crippen molar-refractivity contribution in [1.82, 2.24) is 5.32 Å². The molecule has 21 heavy (non-hydrogen) atoms. The summed E-state index contributed by atoms with van der Waals surface area (Å²) in [6, 6.07) is 0. The van der Waals surface area contributed by atoms with Gasteiger partial charge in [-0.25, -0.2) is 0 Å². The number of hydrogen-bond donors (Lipinski definition) is 2. The molecule has 3 heteroatoms. The highest BCUT2D eigenvalue weighted by Crippen LogP contribution is 2.28. The number of carboxylic acid groups (broad SMARTS) is 1. The molecule has 2 fully saturated rings. The lowest BCUT2D eigenvalue weighted by Gasteiger charge is -2.27. The van der Waals surface area contributed by atoms with Crippen molar-refractivity contribution in [2.45, 2.75) is 77.0 Å². The zero-order chi connectivity index (χ0) is 14.9. The summed E-state index contributed by atoms with van der Waals surface area (Å²) in [5.41, 5.74) is 0. The summed E-state index contributed by atoms with van der Waals surface area (Å²) in [6.07, 6.45) is 15.3. The first kappa shape index (κ1) is 16.8. The first-order valence-corrected chi connectivity index (χ1v) is 9.19. The predicted molar refractivity (Wildman–Crippen MR) is 86.4 cm³/mol. The molecule has 2 saturated carbocycles. The van der Waals surface area contributed by atoms with Crippen LogP contribution >= 0.6 is 0 Å². The first-order chi connectivity index (χ1) is 10.3. The Balaban J connectivity index is 1.59. The average molecular weight is 295 g/mol. The molecule has 0 aromatic carbocycles. The Morgan fingerprint density at radius 3 is 1.76 bits per heavy atom. The smallest absolute Gasteiger partial charge is 0.306 e. The Kier molecular flexibility index (Phi) is 7.56. The summed E-state index contributed by atoms with van der Waals surface area (Å²) in [5.74, 6) is 0.915. The van der Waals surface area contributed by atoms with Crippen molar-refractivity contribution in [3.05, 3.63) is 0 Å². The maximum absolute atomic E-state index is 11.0. The van der Waals surface area contributed by atoms with Crippen LogP contribution in [-0.2, 0) is 4.79 Å². The van der Waals surface area contributed by atoms with E-state index in [0.29, 0.717) is 5.92 Å². The van der Waals surface area contributed by atoms with Crippen molar-refractivity contribution in [3.8, 4) is 0 Å². The second-order valence-corrected chi connectivity index (χ2v) is 7.28. The van der Waals surface area contributed by atoms with Crippen molar-refractivity contribution in [1.29, 1.82) is 0 Å². The number of carboxylic acids is 1. The van der Waals surface area contributed by atoms with Gasteiger partial charge in [-0.3, -0.25) is 4.79 Å². The SMILES string of the molecule is O=C(O)C1CCC(CNCC2CCCCCCCC2)CC1. The fourth-order valence-corrected chi connectivity index (χ4v) is 4.03. The van der Waals surface area contributed by atoms with E-state index in [1.807, 2.05) is 0 Å². The largest absolute Gasteiger partial charge is 0.481 e. The van der Waals surface area contributed by atoms with E-state index in [9.17, 15) is 4.79 Å². The molecule has 0 saturated heterocycles. The van der Waals surface area contributed by atoms with E-state index in [-0.39, 0.29) is 5.92 Å². The number of nitrogens with one attached hydrogen (secondary N) is 1. The zero-order valence-corrected chi connectivity index (χ0v) is 13.5. The molecule has 0 bridgehead atoms. The van der Waals surface area contributed by atoms with Crippen molar-refractivity contribution in [2.24, 2.45) is 17.8 Å². The third-order valence-electron chi connectivity index (χ3n) is 5.54. The third kappa shape index (κ3) is 6.37. The molecule has 2 aliphatic rings. The fourth-order valence-electron chi connectivity index (χ4n) is 4.03. The van der Waals surface area contributed by atoms with Gasteiger partial charge >= 0.3 is 5.97 Å². The van der Waals surface area contributed by atoms with Crippen LogP contribution in [0, 0.1) is 17.8 Å². The van der Waals surface area contributed by atoms with E-state index in [1.54, 1.807) is 0 Å². The van der Waals surface area contributed by atoms with Gasteiger partial charge in [-0.15, -0.1) is 0 Å². The Labute approximate surface area is 129 Å². The molecule has 122 valence electrons. The van der Waals surface area contributed by atoms with E-state index >= 15 is 0 Å². The van der Waals surface area contributed by atoms with Crippen LogP contribution in [0.25, 0.3) is 0 Å². The van der Waals surface area contributed by atoms with Gasteiger partial charge in [-0.05, 0) is 63.5 Å². The third-order valence-corrected chi connectivity index (χ3v) is 5.54. The molecule has 0 radical (unpaired) electrons. The molecule has 0 aromatic rings. The molecule has 0 amide bonds. The van der Waals surface area contributed by atoms with E-state index in [2.05, 4.69) is 5.32 Å². The highest BCUT2D eigenvalue weighted by Gasteiger charge is 2.25. The predicted octanol–water partition coefficient (Wildman–Crippen LogP) is 4.22. The van der Waals surface area contributed by atoms with Gasteiger partial charge in [0.1, 0.15) is 0 Å². The van der Waals surface area contributed by atoms with Crippen molar-refractivity contribution < 1.29 is 9.90 Å². The summed E-state index contributed by atoms with van der Waals surface area (Å²) < 4.78 is 0. The number of aliphatic carboxylic acids is 1. The molecule has 2 N–H and O–H groups in total. The van der Waals surface area contributed by atoms with Gasteiger partial charge in [0.2, 0.25) is 0 Å². The van der Waals surface area contributed by atoms with Gasteiger partial charge in [0.25, 0.3) is 0 Å². The van der Waals surface area contributed by atoms with Crippen LogP contribution in [0.2, 0.25) is 0 Å². The minimum Gasteiger partial charge on any atom is -0.481 e. The van der Waals surface area contributed by atoms with Gasteiger partial charge in [-0.1, -0.05) is 38.5 Å². The molecule has 0 unspecified atom stereocenters. The molecule has 3 nitrogen and oxygen atoms in total. The quantitative estimate of drug-likeness (QED) is 0.798. The normalized spacial score (nSPS) is 29.3. The molecule has 0 aliphatic heterocycles. The number of carbonyl (C=O) groups is 1. The Morgan fingerprint density at radius 2 is 1.24 bits per heavy atom. The number of hydrogen-bond acceptors (Lipinski definition) is 2. The van der Waals surface area contributed by atoms with Gasteiger partial charge in [0.15, 0.2) is 0 Å². The van der Waals surface area contributed by atoms with E-state index in [0.717, 1.165) is 38.1 Å². The fraction of sp³-hybridized carbons (Fsp3) is 0.944. The van der Waals surface area contributed by atoms with Crippen molar-refractivity contribution in [3.63, 3.8) is 0 Å². The zero-order valence-electron chi connectivity index (χ0n) is 13.5. The molecular formula is C18H33NO2. The molecule has 0 heterocycles. The van der Waals surface area contributed by atoms with Crippen LogP contribution in [0.1, 0.15) is 77.0 Å². The molecular weight excluding hydrogens is 262 g/mol. The van der Waals surface area contributed by atoms with Crippen LogP contribution in [0.5, 0.6) is 0 Å². The van der Waals surface area contributed by atoms with Crippen molar-refractivity contribution >= 4 is 5.97 Å². The first-order valence-electron chi connectivity index (χ1n) is 9.19. The highest BCUT2D eigenvalue weighted by atomic mass is 16.4. The topological polar surface area (TPSA) is 49.3 Å². The van der Waals surface area contributed by atoms with Gasteiger partial charge < -0.3 is 10.4 Å². The maximum atomic E-state index is 11.0. The number of rotatable bonds is 5. The minimum absolute atomic E-state index is 0.0735. The van der Waals surface area contributed by atoms with E-state index < -0.39 is 5.97 Å².